The first-order valence-corrected chi connectivity index (χ1v) is 8.56. The van der Waals surface area contributed by atoms with Gasteiger partial charge in [-0.3, -0.25) is 0 Å². The van der Waals surface area contributed by atoms with Crippen LogP contribution in [0.25, 0.3) is 0 Å². The summed E-state index contributed by atoms with van der Waals surface area (Å²) in [6.07, 6.45) is -1.09. The van der Waals surface area contributed by atoms with Gasteiger partial charge in [0.05, 0.1) is 22.3 Å². The zero-order valence-corrected chi connectivity index (χ0v) is 14.4. The quantitative estimate of drug-likeness (QED) is 0.484. The van der Waals surface area contributed by atoms with Gasteiger partial charge in [0, 0.05) is 0 Å². The Kier molecular flexibility index (Phi) is 2.91. The Hall–Kier alpha value is 1.40. The van der Waals surface area contributed by atoms with E-state index in [1.165, 1.54) is 0 Å². The molecule has 0 heterocycles. The molecular weight excluding hydrogens is 389 g/mol. The summed E-state index contributed by atoms with van der Waals surface area (Å²) in [6.45, 7) is 0. The molecule has 2 N–H and O–H groups in total. The third kappa shape index (κ3) is 1.16. The van der Waals surface area contributed by atoms with Crippen molar-refractivity contribution in [3.05, 3.63) is 10.1 Å². The minimum atomic E-state index is -1.58. The second-order valence-corrected chi connectivity index (χ2v) is 9.50. The van der Waals surface area contributed by atoms with Crippen molar-refractivity contribution in [1.29, 1.82) is 0 Å². The Bertz CT molecular complexity index is 506. The standard InChI is InChI=1S/C12H10Cl6O2/c13-8-9(14)11(16)5-3-1-2(6(19)7(3)20)4(5)10(8,15)12(11,17)18/h2-7,19-20H,1H2/t2-,3-,4-,5-,6+,7+,10+,11+/m1/s1. The van der Waals surface area contributed by atoms with Crippen LogP contribution < -0.4 is 0 Å². The van der Waals surface area contributed by atoms with Gasteiger partial charge in [-0.25, -0.2) is 0 Å². The Balaban J connectivity index is 1.98. The number of fused-ring (bicyclic) bond motifs is 9. The first kappa shape index (κ1) is 15.0. The van der Waals surface area contributed by atoms with Gasteiger partial charge in [-0.1, -0.05) is 46.4 Å². The molecule has 8 atom stereocenters. The molecule has 3 fully saturated rings. The molecule has 0 radical (unpaired) electrons. The lowest BCUT2D eigenvalue weighted by Gasteiger charge is -2.42. The van der Waals surface area contributed by atoms with Crippen molar-refractivity contribution >= 4 is 69.6 Å². The minimum Gasteiger partial charge on any atom is -0.390 e. The van der Waals surface area contributed by atoms with Crippen LogP contribution in [0, 0.1) is 23.7 Å². The molecule has 4 rings (SSSR count). The van der Waals surface area contributed by atoms with Crippen molar-refractivity contribution in [3.8, 4) is 0 Å². The van der Waals surface area contributed by atoms with Gasteiger partial charge in [-0.15, -0.1) is 23.2 Å². The minimum absolute atomic E-state index is 0.163. The normalized spacial score (nSPS) is 62.4. The maximum Gasteiger partial charge on any atom is 0.166 e. The van der Waals surface area contributed by atoms with Gasteiger partial charge in [0.25, 0.3) is 0 Å². The van der Waals surface area contributed by atoms with Crippen LogP contribution in [0.1, 0.15) is 6.42 Å². The summed E-state index contributed by atoms with van der Waals surface area (Å²) in [5.74, 6) is -1.05. The Labute approximate surface area is 145 Å². The Morgan fingerprint density at radius 3 is 1.50 bits per heavy atom. The number of aliphatic hydroxyl groups is 2. The van der Waals surface area contributed by atoms with E-state index in [1.807, 2.05) is 0 Å². The van der Waals surface area contributed by atoms with E-state index in [9.17, 15) is 10.2 Å². The molecule has 20 heavy (non-hydrogen) atoms. The van der Waals surface area contributed by atoms with E-state index in [0.717, 1.165) is 0 Å². The van der Waals surface area contributed by atoms with Crippen LogP contribution in [0.3, 0.4) is 0 Å². The smallest absolute Gasteiger partial charge is 0.166 e. The predicted octanol–water partition coefficient (Wildman–Crippen LogP) is 3.44. The van der Waals surface area contributed by atoms with Gasteiger partial charge in [-0.2, -0.15) is 0 Å². The molecule has 0 aromatic carbocycles. The van der Waals surface area contributed by atoms with E-state index >= 15 is 0 Å². The fourth-order valence-electron chi connectivity index (χ4n) is 5.01. The van der Waals surface area contributed by atoms with Crippen LogP contribution in [0.15, 0.2) is 10.1 Å². The fraction of sp³-hybridized carbons (Fsp3) is 0.833. The summed E-state index contributed by atoms with van der Waals surface area (Å²) in [5, 5.41) is 20.6. The van der Waals surface area contributed by atoms with Crippen LogP contribution in [0.2, 0.25) is 0 Å². The largest absolute Gasteiger partial charge is 0.390 e. The molecule has 0 aromatic heterocycles. The van der Waals surface area contributed by atoms with Crippen molar-refractivity contribution < 1.29 is 10.2 Å². The first-order valence-electron chi connectivity index (χ1n) is 6.29. The number of hydrogen-bond donors (Lipinski definition) is 2. The number of rotatable bonds is 0. The van der Waals surface area contributed by atoms with E-state index in [4.69, 9.17) is 69.6 Å². The molecule has 0 aromatic rings. The number of aliphatic hydroxyl groups excluding tert-OH is 2. The van der Waals surface area contributed by atoms with Gasteiger partial charge in [0.2, 0.25) is 0 Å². The third-order valence-corrected chi connectivity index (χ3v) is 10.0. The SMILES string of the molecule is O[C@@H]1[C@@H](O)[C@@H]2C[C@@H]1[C@@H]1[C@@H]2[C@]2(Cl)C(Cl)=C(Cl)[C@]1(Cl)C2(Cl)Cl. The van der Waals surface area contributed by atoms with Crippen molar-refractivity contribution in [1.82, 2.24) is 0 Å². The average molecular weight is 399 g/mol. The molecule has 0 saturated heterocycles. The fourth-order valence-corrected chi connectivity index (χ4v) is 8.14. The average Bonchev–Trinajstić information content (AvgIpc) is 2.97. The van der Waals surface area contributed by atoms with Crippen LogP contribution in [-0.4, -0.2) is 36.5 Å². The highest BCUT2D eigenvalue weighted by atomic mass is 35.5. The second kappa shape index (κ2) is 3.89. The molecule has 0 spiro atoms. The van der Waals surface area contributed by atoms with Crippen LogP contribution in [0.5, 0.6) is 0 Å². The number of hydrogen-bond acceptors (Lipinski definition) is 2. The molecule has 4 bridgehead atoms. The topological polar surface area (TPSA) is 40.5 Å². The van der Waals surface area contributed by atoms with Gasteiger partial charge in [0.15, 0.2) is 4.33 Å². The van der Waals surface area contributed by atoms with Crippen molar-refractivity contribution in [3.63, 3.8) is 0 Å². The molecule has 8 heteroatoms. The van der Waals surface area contributed by atoms with Gasteiger partial charge >= 0.3 is 0 Å². The van der Waals surface area contributed by atoms with Crippen molar-refractivity contribution in [2.24, 2.45) is 23.7 Å². The predicted molar refractivity (Wildman–Crippen MR) is 80.9 cm³/mol. The molecule has 4 aliphatic carbocycles. The first-order chi connectivity index (χ1) is 9.11. The molecule has 0 unspecified atom stereocenters. The van der Waals surface area contributed by atoms with Crippen molar-refractivity contribution in [2.45, 2.75) is 32.7 Å². The number of allylic oxidation sites excluding steroid dienone is 2. The summed E-state index contributed by atoms with van der Waals surface area (Å²) in [4.78, 5) is -2.64. The molecule has 2 nitrogen and oxygen atoms in total. The molecule has 112 valence electrons. The highest BCUT2D eigenvalue weighted by molar-refractivity contribution is 6.65. The maximum atomic E-state index is 10.2. The van der Waals surface area contributed by atoms with Crippen LogP contribution >= 0.6 is 69.6 Å². The van der Waals surface area contributed by atoms with Crippen LogP contribution in [-0.2, 0) is 0 Å². The lowest BCUT2D eigenvalue weighted by atomic mass is 9.70. The molecular formula is C12H10Cl6O2. The summed E-state index contributed by atoms with van der Waals surface area (Å²) >= 11 is 39.0. The highest BCUT2D eigenvalue weighted by Gasteiger charge is 2.87. The lowest BCUT2D eigenvalue weighted by molar-refractivity contribution is -0.0559. The third-order valence-electron chi connectivity index (χ3n) is 5.75. The summed E-state index contributed by atoms with van der Waals surface area (Å²) < 4.78 is -1.58. The Morgan fingerprint density at radius 1 is 0.800 bits per heavy atom. The molecule has 4 aliphatic rings. The zero-order valence-electron chi connectivity index (χ0n) is 9.83. The highest BCUT2D eigenvalue weighted by Crippen LogP contribution is 2.82. The zero-order chi connectivity index (χ0) is 14.8. The monoisotopic (exact) mass is 396 g/mol. The van der Waals surface area contributed by atoms with E-state index in [1.54, 1.807) is 0 Å². The van der Waals surface area contributed by atoms with Crippen LogP contribution in [0.4, 0.5) is 0 Å². The van der Waals surface area contributed by atoms with Gasteiger partial charge in [-0.05, 0) is 30.1 Å². The molecule has 0 amide bonds. The van der Waals surface area contributed by atoms with Gasteiger partial charge in [0.1, 0.15) is 9.75 Å². The summed E-state index contributed by atoms with van der Waals surface area (Å²) in [7, 11) is 0. The van der Waals surface area contributed by atoms with E-state index in [-0.39, 0.29) is 33.7 Å². The maximum absolute atomic E-state index is 10.2. The van der Waals surface area contributed by atoms with E-state index in [0.29, 0.717) is 6.42 Å². The summed E-state index contributed by atoms with van der Waals surface area (Å²) in [6, 6.07) is 0. The van der Waals surface area contributed by atoms with E-state index < -0.39 is 26.3 Å². The van der Waals surface area contributed by atoms with Gasteiger partial charge < -0.3 is 10.2 Å². The lowest BCUT2D eigenvalue weighted by Crippen LogP contribution is -2.50. The molecule has 3 saturated carbocycles. The Morgan fingerprint density at radius 2 is 1.15 bits per heavy atom. The molecule has 0 aliphatic heterocycles. The number of halogens is 6. The second-order valence-electron chi connectivity index (χ2n) is 6.22. The van der Waals surface area contributed by atoms with Crippen molar-refractivity contribution in [2.75, 3.05) is 0 Å². The summed E-state index contributed by atoms with van der Waals surface area (Å²) in [5.41, 5.74) is 0. The number of alkyl halides is 4. The van der Waals surface area contributed by atoms with E-state index in [2.05, 4.69) is 0 Å².